The Balaban J connectivity index is 1.53. The molecule has 1 unspecified atom stereocenters. The molecule has 3 heterocycles. The molecule has 1 atom stereocenters. The third-order valence-electron chi connectivity index (χ3n) is 4.18. The summed E-state index contributed by atoms with van der Waals surface area (Å²) >= 11 is 0. The minimum absolute atomic E-state index is 0.116. The number of hydrogen-bond donors (Lipinski definition) is 0. The Kier molecular flexibility index (Phi) is 5.53. The van der Waals surface area contributed by atoms with Crippen LogP contribution < -0.4 is 0 Å². The average molecular weight is 330 g/mol. The molecule has 1 saturated heterocycles. The van der Waals surface area contributed by atoms with Crippen LogP contribution in [0.25, 0.3) is 11.4 Å². The van der Waals surface area contributed by atoms with Gasteiger partial charge in [-0.3, -0.25) is 9.78 Å². The van der Waals surface area contributed by atoms with Crippen molar-refractivity contribution < 1.29 is 14.1 Å². The van der Waals surface area contributed by atoms with Crippen LogP contribution in [0.15, 0.2) is 29.0 Å². The predicted octanol–water partition coefficient (Wildman–Crippen LogP) is 1.95. The van der Waals surface area contributed by atoms with Crippen LogP contribution in [0.3, 0.4) is 0 Å². The molecule has 0 bridgehead atoms. The van der Waals surface area contributed by atoms with Crippen molar-refractivity contribution in [3.63, 3.8) is 0 Å². The molecule has 1 aliphatic heterocycles. The topological polar surface area (TPSA) is 81.4 Å². The zero-order valence-corrected chi connectivity index (χ0v) is 13.9. The van der Waals surface area contributed by atoms with E-state index in [1.165, 1.54) is 0 Å². The van der Waals surface area contributed by atoms with Crippen molar-refractivity contribution in [1.29, 1.82) is 0 Å². The van der Waals surface area contributed by atoms with E-state index in [0.29, 0.717) is 37.0 Å². The first-order chi connectivity index (χ1) is 11.8. The standard InChI is InChI=1S/C17H22N4O3/c1-2-21(11-13-7-9-23-12-13)16(22)6-5-15-19-17(20-24-15)14-4-3-8-18-10-14/h3-4,8,10,13H,2,5-7,9,11-12H2,1H3. The minimum Gasteiger partial charge on any atom is -0.381 e. The molecule has 1 amide bonds. The molecule has 2 aromatic rings. The molecule has 3 rings (SSSR count). The maximum absolute atomic E-state index is 12.4. The van der Waals surface area contributed by atoms with E-state index in [1.54, 1.807) is 12.4 Å². The van der Waals surface area contributed by atoms with Crippen LogP contribution in [0.2, 0.25) is 0 Å². The number of carbonyl (C=O) groups is 1. The van der Waals surface area contributed by atoms with E-state index in [2.05, 4.69) is 15.1 Å². The fourth-order valence-electron chi connectivity index (χ4n) is 2.79. The largest absolute Gasteiger partial charge is 0.381 e. The maximum Gasteiger partial charge on any atom is 0.227 e. The number of pyridine rings is 1. The molecule has 1 aliphatic rings. The molecule has 24 heavy (non-hydrogen) atoms. The number of hydrogen-bond acceptors (Lipinski definition) is 6. The van der Waals surface area contributed by atoms with Crippen LogP contribution in [0.1, 0.15) is 25.7 Å². The highest BCUT2D eigenvalue weighted by Crippen LogP contribution is 2.16. The number of nitrogens with zero attached hydrogens (tertiary/aromatic N) is 4. The highest BCUT2D eigenvalue weighted by Gasteiger charge is 2.22. The van der Waals surface area contributed by atoms with Crippen molar-refractivity contribution >= 4 is 5.91 Å². The first kappa shape index (κ1) is 16.6. The lowest BCUT2D eigenvalue weighted by molar-refractivity contribution is -0.131. The quantitative estimate of drug-likeness (QED) is 0.772. The molecule has 0 spiro atoms. The average Bonchev–Trinajstić information content (AvgIpc) is 3.30. The molecule has 7 nitrogen and oxygen atoms in total. The molecular formula is C17H22N4O3. The van der Waals surface area contributed by atoms with Gasteiger partial charge in [0.15, 0.2) is 0 Å². The highest BCUT2D eigenvalue weighted by molar-refractivity contribution is 5.76. The smallest absolute Gasteiger partial charge is 0.227 e. The molecule has 0 saturated carbocycles. The summed E-state index contributed by atoms with van der Waals surface area (Å²) in [6.07, 6.45) is 5.22. The highest BCUT2D eigenvalue weighted by atomic mass is 16.5. The fraction of sp³-hybridized carbons (Fsp3) is 0.529. The molecule has 7 heteroatoms. The number of amides is 1. The van der Waals surface area contributed by atoms with E-state index in [0.717, 1.165) is 31.7 Å². The van der Waals surface area contributed by atoms with Gasteiger partial charge in [-0.1, -0.05) is 5.16 Å². The molecule has 0 aromatic carbocycles. The van der Waals surface area contributed by atoms with Gasteiger partial charge >= 0.3 is 0 Å². The second-order valence-electron chi connectivity index (χ2n) is 5.92. The zero-order chi connectivity index (χ0) is 16.8. The minimum atomic E-state index is 0.116. The lowest BCUT2D eigenvalue weighted by atomic mass is 10.1. The SMILES string of the molecule is CCN(CC1CCOC1)C(=O)CCc1nc(-c2cccnc2)no1. The number of rotatable bonds is 7. The normalized spacial score (nSPS) is 17.1. The Hall–Kier alpha value is -2.28. The van der Waals surface area contributed by atoms with E-state index >= 15 is 0 Å². The van der Waals surface area contributed by atoms with E-state index in [9.17, 15) is 4.79 Å². The summed E-state index contributed by atoms with van der Waals surface area (Å²) < 4.78 is 10.6. The van der Waals surface area contributed by atoms with Crippen molar-refractivity contribution in [2.75, 3.05) is 26.3 Å². The van der Waals surface area contributed by atoms with E-state index in [4.69, 9.17) is 9.26 Å². The molecule has 128 valence electrons. The van der Waals surface area contributed by atoms with Gasteiger partial charge in [-0.2, -0.15) is 4.98 Å². The van der Waals surface area contributed by atoms with Crippen LogP contribution in [0.4, 0.5) is 0 Å². The van der Waals surface area contributed by atoms with Crippen LogP contribution in [-0.2, 0) is 16.0 Å². The number of aryl methyl sites for hydroxylation is 1. The Bertz CT molecular complexity index is 653. The number of carbonyl (C=O) groups excluding carboxylic acids is 1. The van der Waals surface area contributed by atoms with Gasteiger partial charge in [0.05, 0.1) is 6.61 Å². The summed E-state index contributed by atoms with van der Waals surface area (Å²) in [7, 11) is 0. The molecule has 0 aliphatic carbocycles. The van der Waals surface area contributed by atoms with Gasteiger partial charge in [-0.15, -0.1) is 0 Å². The third kappa shape index (κ3) is 4.17. The molecule has 1 fully saturated rings. The summed E-state index contributed by atoms with van der Waals surface area (Å²) in [6, 6.07) is 3.69. The lowest BCUT2D eigenvalue weighted by Crippen LogP contribution is -2.35. The Morgan fingerprint density at radius 2 is 2.38 bits per heavy atom. The molecule has 0 radical (unpaired) electrons. The van der Waals surface area contributed by atoms with Gasteiger partial charge in [0.1, 0.15) is 0 Å². The van der Waals surface area contributed by atoms with Crippen LogP contribution >= 0.6 is 0 Å². The second kappa shape index (κ2) is 8.01. The van der Waals surface area contributed by atoms with Crippen molar-refractivity contribution in [2.24, 2.45) is 5.92 Å². The fourth-order valence-corrected chi connectivity index (χ4v) is 2.79. The van der Waals surface area contributed by atoms with Crippen LogP contribution in [0.5, 0.6) is 0 Å². The maximum atomic E-state index is 12.4. The predicted molar refractivity (Wildman–Crippen MR) is 87.0 cm³/mol. The summed E-state index contributed by atoms with van der Waals surface area (Å²) in [6.45, 7) is 5.03. The van der Waals surface area contributed by atoms with Gasteiger partial charge in [-0.05, 0) is 25.5 Å². The van der Waals surface area contributed by atoms with Gasteiger partial charge in [-0.25, -0.2) is 0 Å². The molecule has 2 aromatic heterocycles. The van der Waals surface area contributed by atoms with Crippen molar-refractivity contribution in [3.8, 4) is 11.4 Å². The van der Waals surface area contributed by atoms with Crippen LogP contribution in [0, 0.1) is 5.92 Å². The second-order valence-corrected chi connectivity index (χ2v) is 5.92. The number of ether oxygens (including phenoxy) is 1. The van der Waals surface area contributed by atoms with Gasteiger partial charge in [0.2, 0.25) is 17.6 Å². The molecule has 0 N–H and O–H groups in total. The van der Waals surface area contributed by atoms with Crippen molar-refractivity contribution in [1.82, 2.24) is 20.0 Å². The summed E-state index contributed by atoms with van der Waals surface area (Å²) in [5.74, 6) is 1.54. The van der Waals surface area contributed by atoms with Gasteiger partial charge in [0.25, 0.3) is 0 Å². The zero-order valence-electron chi connectivity index (χ0n) is 13.9. The third-order valence-corrected chi connectivity index (χ3v) is 4.18. The summed E-state index contributed by atoms with van der Waals surface area (Å²) in [4.78, 5) is 22.7. The van der Waals surface area contributed by atoms with Gasteiger partial charge in [0, 0.05) is 56.4 Å². The number of aromatic nitrogens is 3. The van der Waals surface area contributed by atoms with Crippen molar-refractivity contribution in [3.05, 3.63) is 30.4 Å². The van der Waals surface area contributed by atoms with Gasteiger partial charge < -0.3 is 14.2 Å². The molecular weight excluding hydrogens is 308 g/mol. The Morgan fingerprint density at radius 3 is 3.08 bits per heavy atom. The lowest BCUT2D eigenvalue weighted by Gasteiger charge is -2.23. The van der Waals surface area contributed by atoms with Crippen LogP contribution in [-0.4, -0.2) is 52.2 Å². The first-order valence-electron chi connectivity index (χ1n) is 8.34. The Morgan fingerprint density at radius 1 is 1.46 bits per heavy atom. The summed E-state index contributed by atoms with van der Waals surface area (Å²) in [5.41, 5.74) is 0.801. The van der Waals surface area contributed by atoms with E-state index < -0.39 is 0 Å². The van der Waals surface area contributed by atoms with E-state index in [-0.39, 0.29) is 5.91 Å². The Labute approximate surface area is 141 Å². The van der Waals surface area contributed by atoms with Crippen molar-refractivity contribution in [2.45, 2.75) is 26.2 Å². The first-order valence-corrected chi connectivity index (χ1v) is 8.34. The van der Waals surface area contributed by atoms with E-state index in [1.807, 2.05) is 24.0 Å². The summed E-state index contributed by atoms with van der Waals surface area (Å²) in [5, 5.41) is 3.95. The monoisotopic (exact) mass is 330 g/mol.